The van der Waals surface area contributed by atoms with Crippen molar-refractivity contribution in [2.24, 2.45) is 0 Å². The SMILES string of the molecule is CC(NC(=O)CSc1ncc(Br)n1-c1ccc(C#N)c2ccccc12)C(=O)O.CCOC(=O)C(C)NC(=O)CSc1ncc(Br)n1-c1ccc(C#N)c2ccccc12.[Li+].[OH-]. The molecule has 0 saturated heterocycles. The van der Waals surface area contributed by atoms with E-state index < -0.39 is 29.9 Å². The number of carbonyl (C=O) groups is 4. The van der Waals surface area contributed by atoms with Crippen LogP contribution in [0, 0.1) is 22.7 Å². The van der Waals surface area contributed by atoms with Gasteiger partial charge in [-0.3, -0.25) is 23.5 Å². The van der Waals surface area contributed by atoms with Gasteiger partial charge in [0.15, 0.2) is 10.3 Å². The number of imidazole rings is 2. The third-order valence-corrected chi connectivity index (χ3v) is 11.4. The first-order valence-corrected chi connectivity index (χ1v) is 21.0. The van der Waals surface area contributed by atoms with Crippen LogP contribution in [0.4, 0.5) is 0 Å². The van der Waals surface area contributed by atoms with Crippen molar-refractivity contribution in [2.75, 3.05) is 18.1 Å². The second-order valence-corrected chi connectivity index (χ2v) is 15.7. The number of hydrogen-bond donors (Lipinski definition) is 3. The van der Waals surface area contributed by atoms with Gasteiger partial charge in [-0.2, -0.15) is 10.5 Å². The summed E-state index contributed by atoms with van der Waals surface area (Å²) in [6.45, 7) is 4.97. The molecule has 0 spiro atoms. The van der Waals surface area contributed by atoms with Crippen LogP contribution in [0.5, 0.6) is 0 Å². The summed E-state index contributed by atoms with van der Waals surface area (Å²) in [5.74, 6) is -2.14. The van der Waals surface area contributed by atoms with Crippen LogP contribution in [0.3, 0.4) is 0 Å². The van der Waals surface area contributed by atoms with Gasteiger partial charge < -0.3 is 26.0 Å². The van der Waals surface area contributed by atoms with E-state index in [9.17, 15) is 29.7 Å². The Hall–Kier alpha value is -5.10. The second kappa shape index (κ2) is 23.0. The number of esters is 1. The summed E-state index contributed by atoms with van der Waals surface area (Å²) in [7, 11) is 0. The van der Waals surface area contributed by atoms with Crippen LogP contribution in [-0.4, -0.2) is 83.6 Å². The molecular formula is C40H35Br2LiN8O7S2. The number of rotatable bonds is 13. The Morgan fingerprint density at radius 2 is 1.13 bits per heavy atom. The zero-order valence-corrected chi connectivity index (χ0v) is 37.4. The first kappa shape index (κ1) is 49.3. The fourth-order valence-corrected chi connectivity index (χ4v) is 8.39. The minimum absolute atomic E-state index is 0. The molecule has 15 nitrogen and oxygen atoms in total. The number of nitriles is 2. The maximum Gasteiger partial charge on any atom is 1.00 e. The normalized spacial score (nSPS) is 11.3. The minimum Gasteiger partial charge on any atom is -0.870 e. The summed E-state index contributed by atoms with van der Waals surface area (Å²) in [6, 6.07) is 25.2. The van der Waals surface area contributed by atoms with Gasteiger partial charge >= 0.3 is 30.8 Å². The number of nitrogens with zero attached hydrogens (tertiary/aromatic N) is 6. The quantitative estimate of drug-likeness (QED) is 0.0845. The molecule has 0 aliphatic heterocycles. The number of halogens is 2. The summed E-state index contributed by atoms with van der Waals surface area (Å²) < 4.78 is 10.1. The molecule has 2 aromatic heterocycles. The van der Waals surface area contributed by atoms with Crippen LogP contribution in [0.15, 0.2) is 105 Å². The van der Waals surface area contributed by atoms with Crippen LogP contribution in [-0.2, 0) is 23.9 Å². The first-order chi connectivity index (χ1) is 27.9. The Morgan fingerprint density at radius 3 is 1.52 bits per heavy atom. The summed E-state index contributed by atoms with van der Waals surface area (Å²) >= 11 is 9.45. The molecule has 2 heterocycles. The van der Waals surface area contributed by atoms with Crippen LogP contribution >= 0.6 is 55.4 Å². The summed E-state index contributed by atoms with van der Waals surface area (Å²) in [4.78, 5) is 55.6. The zero-order chi connectivity index (χ0) is 41.9. The Labute approximate surface area is 382 Å². The Kier molecular flexibility index (Phi) is 18.9. The average molecular weight is 971 g/mol. The number of carbonyl (C=O) groups excluding carboxylic acids is 3. The van der Waals surface area contributed by atoms with E-state index in [1.54, 1.807) is 38.4 Å². The molecule has 60 heavy (non-hydrogen) atoms. The van der Waals surface area contributed by atoms with E-state index in [1.807, 2.05) is 69.8 Å². The van der Waals surface area contributed by atoms with Gasteiger partial charge in [-0.1, -0.05) is 72.1 Å². The summed E-state index contributed by atoms with van der Waals surface area (Å²) in [5.41, 5.74) is 2.83. The molecule has 0 saturated carbocycles. The van der Waals surface area contributed by atoms with E-state index in [-0.39, 0.29) is 48.4 Å². The van der Waals surface area contributed by atoms with Gasteiger partial charge in [-0.15, -0.1) is 0 Å². The number of ether oxygens (including phenoxy) is 1. The number of fused-ring (bicyclic) bond motifs is 2. The average Bonchev–Trinajstić information content (AvgIpc) is 3.78. The number of thioether (sulfide) groups is 2. The molecule has 0 aliphatic carbocycles. The molecule has 20 heteroatoms. The molecule has 2 atom stereocenters. The number of aliphatic carboxylic acids is 1. The van der Waals surface area contributed by atoms with Crippen LogP contribution in [0.1, 0.15) is 31.9 Å². The molecule has 4 N–H and O–H groups in total. The fourth-order valence-electron chi connectivity index (χ4n) is 5.64. The van der Waals surface area contributed by atoms with Gasteiger partial charge in [-0.25, -0.2) is 14.8 Å². The monoisotopic (exact) mass is 968 g/mol. The molecule has 4 aromatic carbocycles. The van der Waals surface area contributed by atoms with Gasteiger partial charge in [0.1, 0.15) is 21.3 Å². The minimum atomic E-state index is -1.09. The molecule has 6 aromatic rings. The van der Waals surface area contributed by atoms with E-state index in [4.69, 9.17) is 9.84 Å². The summed E-state index contributed by atoms with van der Waals surface area (Å²) in [6.07, 6.45) is 3.29. The number of nitrogens with one attached hydrogen (secondary N) is 2. The Morgan fingerprint density at radius 1 is 0.733 bits per heavy atom. The molecule has 6 rings (SSSR count). The van der Waals surface area contributed by atoms with E-state index in [0.29, 0.717) is 26.0 Å². The van der Waals surface area contributed by atoms with Crippen LogP contribution < -0.4 is 29.5 Å². The van der Waals surface area contributed by atoms with Crippen molar-refractivity contribution in [3.63, 3.8) is 0 Å². The predicted octanol–water partition coefficient (Wildman–Crippen LogP) is 3.99. The maximum absolute atomic E-state index is 12.3. The number of benzene rings is 4. The van der Waals surface area contributed by atoms with Crippen molar-refractivity contribution >= 4 is 101 Å². The molecule has 0 radical (unpaired) electrons. The number of aromatic nitrogens is 4. The van der Waals surface area contributed by atoms with E-state index in [2.05, 4.69) is 64.6 Å². The first-order valence-electron chi connectivity index (χ1n) is 17.4. The van der Waals surface area contributed by atoms with Crippen LogP contribution in [0.2, 0.25) is 0 Å². The second-order valence-electron chi connectivity index (χ2n) is 12.2. The van der Waals surface area contributed by atoms with Crippen molar-refractivity contribution in [1.29, 1.82) is 10.5 Å². The predicted molar refractivity (Wildman–Crippen MR) is 230 cm³/mol. The van der Waals surface area contributed by atoms with Crippen molar-refractivity contribution in [1.82, 2.24) is 29.7 Å². The van der Waals surface area contributed by atoms with Gasteiger partial charge in [0, 0.05) is 21.5 Å². The van der Waals surface area contributed by atoms with Crippen molar-refractivity contribution in [3.8, 4) is 23.5 Å². The number of carboxylic acids is 1. The van der Waals surface area contributed by atoms with Gasteiger partial charge in [0.2, 0.25) is 11.8 Å². The molecule has 0 fully saturated rings. The topological polar surface area (TPSA) is 235 Å². The van der Waals surface area contributed by atoms with Gasteiger partial charge in [0.25, 0.3) is 0 Å². The molecule has 2 unspecified atom stereocenters. The van der Waals surface area contributed by atoms with Crippen molar-refractivity contribution in [3.05, 3.63) is 106 Å². The number of hydrogen-bond acceptors (Lipinski definition) is 12. The smallest absolute Gasteiger partial charge is 0.870 e. The summed E-state index contributed by atoms with van der Waals surface area (Å²) in [5, 5.41) is 37.3. The molecular weight excluding hydrogens is 935 g/mol. The standard InChI is InChI=1S/C21H19BrN4O3S.C19H15BrN4O3S.Li.H2O/c1-3-29-20(28)13(2)25-19(27)12-30-21-24-11-18(22)26(21)17-9-8-14(10-23)15-6-4-5-7-16(15)17;1-11(18(26)27)23-17(25)10-28-19-22-9-16(20)24(19)15-7-6-12(8-21)13-4-2-3-5-14(13)15;;/h4-9,11,13H,3,12H2,1-2H3,(H,25,27);2-7,9,11H,10H2,1H3,(H,23,25)(H,26,27);;1H2/q;;+1;/p-1. The third kappa shape index (κ3) is 11.8. The number of amides is 2. The van der Waals surface area contributed by atoms with E-state index in [1.165, 1.54) is 30.4 Å². The third-order valence-electron chi connectivity index (χ3n) is 8.33. The van der Waals surface area contributed by atoms with Gasteiger partial charge in [-0.05, 0) is 76.9 Å². The van der Waals surface area contributed by atoms with Crippen molar-refractivity contribution in [2.45, 2.75) is 43.2 Å². The molecule has 304 valence electrons. The molecule has 0 aliphatic rings. The van der Waals surface area contributed by atoms with Gasteiger partial charge in [0.05, 0.1) is 65.1 Å². The number of carboxylic acid groups (broad SMARTS) is 1. The maximum atomic E-state index is 12.3. The van der Waals surface area contributed by atoms with Crippen LogP contribution in [0.25, 0.3) is 32.9 Å². The Balaban J connectivity index is 0.000000311. The van der Waals surface area contributed by atoms with E-state index >= 15 is 0 Å². The zero-order valence-electron chi connectivity index (χ0n) is 32.6. The molecule has 2 amide bonds. The molecule has 0 bridgehead atoms. The van der Waals surface area contributed by atoms with E-state index in [0.717, 1.165) is 37.5 Å². The largest absolute Gasteiger partial charge is 1.00 e. The fraction of sp³-hybridized carbons (Fsp3) is 0.200. The Bertz CT molecular complexity index is 2610. The van der Waals surface area contributed by atoms with Crippen molar-refractivity contribution < 1.29 is 53.4 Å².